The van der Waals surface area contributed by atoms with Crippen molar-refractivity contribution in [3.8, 4) is 0 Å². The Morgan fingerprint density at radius 2 is 1.93 bits per heavy atom. The van der Waals surface area contributed by atoms with E-state index in [4.69, 9.17) is 4.74 Å². The van der Waals surface area contributed by atoms with Crippen LogP contribution in [0, 0.1) is 11.8 Å². The number of Topliss-reactive ketones (excluding diaryl/α,β-unsaturated/α-hetero) is 1. The van der Waals surface area contributed by atoms with Crippen LogP contribution in [0.5, 0.6) is 0 Å². The fourth-order valence-electron chi connectivity index (χ4n) is 4.46. The molecule has 1 unspecified atom stereocenters. The van der Waals surface area contributed by atoms with Gasteiger partial charge in [-0.3, -0.25) is 9.59 Å². The number of benzene rings is 2. The summed E-state index contributed by atoms with van der Waals surface area (Å²) in [7, 11) is 0. The number of rotatable bonds is 5. The van der Waals surface area contributed by atoms with E-state index in [0.29, 0.717) is 18.3 Å². The van der Waals surface area contributed by atoms with Crippen LogP contribution in [-0.4, -0.2) is 24.1 Å². The maximum Gasteiger partial charge on any atom is 0.313 e. The molecule has 1 saturated carbocycles. The van der Waals surface area contributed by atoms with Crippen LogP contribution < -0.4 is 0 Å². The Kier molecular flexibility index (Phi) is 6.39. The first-order valence-electron chi connectivity index (χ1n) is 10.6. The second kappa shape index (κ2) is 9.17. The quantitative estimate of drug-likeness (QED) is 0.598. The lowest BCUT2D eigenvalue weighted by atomic mass is 9.76. The van der Waals surface area contributed by atoms with Gasteiger partial charge < -0.3 is 4.74 Å². The summed E-state index contributed by atoms with van der Waals surface area (Å²) in [4.78, 5) is 26.6. The fraction of sp³-hybridized carbons (Fsp3) is 0.440. The molecule has 4 rings (SSSR count). The van der Waals surface area contributed by atoms with Crippen LogP contribution >= 0.6 is 11.8 Å². The van der Waals surface area contributed by atoms with E-state index in [1.807, 2.05) is 55.5 Å². The average molecular weight is 409 g/mol. The van der Waals surface area contributed by atoms with Crippen molar-refractivity contribution in [1.29, 1.82) is 0 Å². The van der Waals surface area contributed by atoms with Crippen molar-refractivity contribution in [2.75, 3.05) is 12.4 Å². The number of hydrogen-bond acceptors (Lipinski definition) is 4. The Bertz CT molecular complexity index is 877. The van der Waals surface area contributed by atoms with E-state index in [1.165, 1.54) is 6.42 Å². The third-order valence-electron chi connectivity index (χ3n) is 6.30. The summed E-state index contributed by atoms with van der Waals surface area (Å²) in [6, 6.07) is 15.9. The van der Waals surface area contributed by atoms with Gasteiger partial charge in [-0.1, -0.05) is 49.2 Å². The van der Waals surface area contributed by atoms with Crippen LogP contribution in [0.2, 0.25) is 0 Å². The molecule has 1 aliphatic heterocycles. The molecule has 2 aromatic rings. The highest BCUT2D eigenvalue weighted by Crippen LogP contribution is 2.42. The molecule has 3 atom stereocenters. The van der Waals surface area contributed by atoms with Crippen LogP contribution in [-0.2, 0) is 16.0 Å². The van der Waals surface area contributed by atoms with Crippen molar-refractivity contribution in [3.05, 3.63) is 65.2 Å². The average Bonchev–Trinajstić information content (AvgIpc) is 2.90. The zero-order valence-corrected chi connectivity index (χ0v) is 17.8. The number of carbonyl (C=O) groups is 2. The molecule has 152 valence electrons. The van der Waals surface area contributed by atoms with Gasteiger partial charge in [0.15, 0.2) is 5.78 Å². The normalized spacial score (nSPS) is 22.2. The molecule has 0 bridgehead atoms. The molecular formula is C25H28O3S. The van der Waals surface area contributed by atoms with Crippen LogP contribution in [0.3, 0.4) is 0 Å². The molecular weight excluding hydrogens is 380 g/mol. The van der Waals surface area contributed by atoms with Crippen LogP contribution in [0.1, 0.15) is 60.0 Å². The zero-order valence-electron chi connectivity index (χ0n) is 16.9. The maximum absolute atomic E-state index is 13.1. The molecule has 1 heterocycles. The second-order valence-corrected chi connectivity index (χ2v) is 9.27. The summed E-state index contributed by atoms with van der Waals surface area (Å²) in [5.74, 6) is 1.44. The number of fused-ring (bicyclic) bond motifs is 2. The van der Waals surface area contributed by atoms with E-state index in [-0.39, 0.29) is 17.8 Å². The van der Waals surface area contributed by atoms with E-state index in [0.717, 1.165) is 53.0 Å². The minimum Gasteiger partial charge on any atom is -0.465 e. The summed E-state index contributed by atoms with van der Waals surface area (Å²) in [5, 5.41) is 0. The first-order valence-corrected chi connectivity index (χ1v) is 11.6. The van der Waals surface area contributed by atoms with Crippen molar-refractivity contribution in [2.45, 2.75) is 49.8 Å². The lowest BCUT2D eigenvalue weighted by molar-refractivity contribution is -0.144. The maximum atomic E-state index is 13.1. The van der Waals surface area contributed by atoms with E-state index in [9.17, 15) is 9.59 Å². The van der Waals surface area contributed by atoms with Gasteiger partial charge in [-0.2, -0.15) is 0 Å². The Hall–Kier alpha value is -2.07. The first-order chi connectivity index (χ1) is 14.1. The standard InChI is InChI=1S/C25H28O3S/c1-17(25(27)28-14-13-18-7-3-2-4-8-18)19-11-12-22-23(15-19)29-16-20-9-5-6-10-21(20)24(22)26/h2-4,7-8,11-12,15,17,20-21H,5-6,9-10,13-14,16H2,1H3/t17?,20-,21+/m0/s1. The highest BCUT2D eigenvalue weighted by molar-refractivity contribution is 7.99. The van der Waals surface area contributed by atoms with Gasteiger partial charge in [0.2, 0.25) is 0 Å². The van der Waals surface area contributed by atoms with Gasteiger partial charge in [0.25, 0.3) is 0 Å². The van der Waals surface area contributed by atoms with Crippen molar-refractivity contribution in [1.82, 2.24) is 0 Å². The SMILES string of the molecule is CC(C(=O)OCCc1ccccc1)c1ccc2c(c1)SC[C@@H]1CCCC[C@H]1C2=O. The van der Waals surface area contributed by atoms with Gasteiger partial charge in [-0.15, -0.1) is 11.8 Å². The highest BCUT2D eigenvalue weighted by Gasteiger charge is 2.35. The minimum atomic E-state index is -0.336. The first kappa shape index (κ1) is 20.2. The molecule has 2 aromatic carbocycles. The Morgan fingerprint density at radius 1 is 1.14 bits per heavy atom. The van der Waals surface area contributed by atoms with Crippen LogP contribution in [0.4, 0.5) is 0 Å². The van der Waals surface area contributed by atoms with E-state index in [2.05, 4.69) is 0 Å². The van der Waals surface area contributed by atoms with E-state index < -0.39 is 0 Å². The second-order valence-electron chi connectivity index (χ2n) is 8.21. The molecule has 4 heteroatoms. The predicted molar refractivity (Wildman–Crippen MR) is 116 cm³/mol. The molecule has 0 saturated heterocycles. The summed E-state index contributed by atoms with van der Waals surface area (Å²) in [6.07, 6.45) is 5.31. The zero-order chi connectivity index (χ0) is 20.2. The lowest BCUT2D eigenvalue weighted by Gasteiger charge is -2.28. The Balaban J connectivity index is 1.42. The van der Waals surface area contributed by atoms with Gasteiger partial charge in [0.05, 0.1) is 12.5 Å². The van der Waals surface area contributed by atoms with E-state index >= 15 is 0 Å². The molecule has 0 aromatic heterocycles. The summed E-state index contributed by atoms with van der Waals surface area (Å²) < 4.78 is 5.52. The lowest BCUT2D eigenvalue weighted by Crippen LogP contribution is -2.27. The fourth-order valence-corrected chi connectivity index (χ4v) is 5.79. The van der Waals surface area contributed by atoms with Gasteiger partial charge >= 0.3 is 5.97 Å². The molecule has 1 aliphatic carbocycles. The number of hydrogen-bond donors (Lipinski definition) is 0. The molecule has 0 radical (unpaired) electrons. The predicted octanol–water partition coefficient (Wildman–Crippen LogP) is 5.67. The van der Waals surface area contributed by atoms with Crippen LogP contribution in [0.15, 0.2) is 53.4 Å². The summed E-state index contributed by atoms with van der Waals surface area (Å²) in [5.41, 5.74) is 2.94. The van der Waals surface area contributed by atoms with Gasteiger partial charge in [-0.05, 0) is 48.9 Å². The molecule has 2 aliphatic rings. The smallest absolute Gasteiger partial charge is 0.313 e. The van der Waals surface area contributed by atoms with Crippen molar-refractivity contribution in [3.63, 3.8) is 0 Å². The molecule has 0 N–H and O–H groups in total. The number of thioether (sulfide) groups is 1. The topological polar surface area (TPSA) is 43.4 Å². The number of ketones is 1. The van der Waals surface area contributed by atoms with E-state index in [1.54, 1.807) is 11.8 Å². The van der Waals surface area contributed by atoms with Gasteiger partial charge in [0, 0.05) is 28.6 Å². The largest absolute Gasteiger partial charge is 0.465 e. The number of carbonyl (C=O) groups excluding carboxylic acids is 2. The minimum absolute atomic E-state index is 0.184. The molecule has 0 amide bonds. The van der Waals surface area contributed by atoms with Crippen molar-refractivity contribution in [2.24, 2.45) is 11.8 Å². The van der Waals surface area contributed by atoms with Crippen molar-refractivity contribution >= 4 is 23.5 Å². The molecule has 29 heavy (non-hydrogen) atoms. The Labute approximate surface area is 177 Å². The third-order valence-corrected chi connectivity index (χ3v) is 7.54. The number of esters is 1. The summed E-state index contributed by atoms with van der Waals surface area (Å²) >= 11 is 1.78. The number of ether oxygens (including phenoxy) is 1. The third kappa shape index (κ3) is 4.58. The molecule has 1 fully saturated rings. The Morgan fingerprint density at radius 3 is 2.76 bits per heavy atom. The highest BCUT2D eigenvalue weighted by atomic mass is 32.2. The van der Waals surface area contributed by atoms with Gasteiger partial charge in [-0.25, -0.2) is 0 Å². The molecule has 0 spiro atoms. The summed E-state index contributed by atoms with van der Waals surface area (Å²) in [6.45, 7) is 2.27. The monoisotopic (exact) mass is 408 g/mol. The van der Waals surface area contributed by atoms with Gasteiger partial charge in [0.1, 0.15) is 0 Å². The van der Waals surface area contributed by atoms with Crippen LogP contribution in [0.25, 0.3) is 0 Å². The van der Waals surface area contributed by atoms with Crippen molar-refractivity contribution < 1.29 is 14.3 Å². The molecule has 3 nitrogen and oxygen atoms in total.